The van der Waals surface area contributed by atoms with Crippen molar-refractivity contribution in [3.8, 4) is 0 Å². The quantitative estimate of drug-likeness (QED) is 0.815. The minimum atomic E-state index is -0.493. The zero-order valence-corrected chi connectivity index (χ0v) is 11.9. The van der Waals surface area contributed by atoms with Crippen molar-refractivity contribution in [1.29, 1.82) is 0 Å². The molecule has 0 saturated heterocycles. The van der Waals surface area contributed by atoms with E-state index in [4.69, 9.17) is 9.47 Å². The van der Waals surface area contributed by atoms with Crippen LogP contribution in [0.25, 0.3) is 0 Å². The van der Waals surface area contributed by atoms with Crippen molar-refractivity contribution in [2.75, 3.05) is 7.05 Å². The lowest BCUT2D eigenvalue weighted by molar-refractivity contribution is -0.153. The second-order valence-corrected chi connectivity index (χ2v) is 2.96. The van der Waals surface area contributed by atoms with Crippen molar-refractivity contribution in [3.05, 3.63) is 36.8 Å². The molecular weight excluding hydrogens is 214 g/mol. The average Bonchev–Trinajstić information content (AvgIpc) is 2.82. The maximum absolute atomic E-state index is 5.67. The lowest BCUT2D eigenvalue weighted by atomic mass is 10.1. The van der Waals surface area contributed by atoms with Crippen LogP contribution in [0, 0.1) is 0 Å². The molecule has 0 aromatic heterocycles. The molecule has 0 aromatic rings. The summed E-state index contributed by atoms with van der Waals surface area (Å²) in [6.07, 6.45) is 4.95. The largest absolute Gasteiger partial charge is 0.448 e. The fourth-order valence-electron chi connectivity index (χ4n) is 1.35. The van der Waals surface area contributed by atoms with E-state index in [-0.39, 0.29) is 0 Å². The Labute approximate surface area is 106 Å². The first-order valence-electron chi connectivity index (χ1n) is 6.16. The molecule has 100 valence electrons. The number of ether oxygens (including phenoxy) is 2. The molecule has 0 aromatic carbocycles. The highest BCUT2D eigenvalue weighted by Gasteiger charge is 2.37. The molecule has 1 aliphatic rings. The van der Waals surface area contributed by atoms with Crippen LogP contribution in [-0.2, 0) is 9.47 Å². The molecule has 0 amide bonds. The monoisotopic (exact) mass is 241 g/mol. The van der Waals surface area contributed by atoms with Crippen LogP contribution in [0.1, 0.15) is 40.5 Å². The average molecular weight is 241 g/mol. The van der Waals surface area contributed by atoms with Gasteiger partial charge in [0, 0.05) is 12.8 Å². The highest BCUT2D eigenvalue weighted by molar-refractivity contribution is 5.25. The standard InChI is InChI=1S/C11H16O2.C2H6.CH5N/c1-5-9-10(6-2)13-11(7-3,8-4)12-9;2*1-2/h5-6H,1-2,7-8H2,3-4H3;1-2H3;2H2,1H3. The lowest BCUT2D eigenvalue weighted by Crippen LogP contribution is -2.28. The van der Waals surface area contributed by atoms with E-state index in [1.807, 2.05) is 27.7 Å². The molecule has 2 N–H and O–H groups in total. The maximum atomic E-state index is 5.67. The molecule has 3 nitrogen and oxygen atoms in total. The van der Waals surface area contributed by atoms with Gasteiger partial charge in [-0.1, -0.05) is 40.9 Å². The van der Waals surface area contributed by atoms with E-state index >= 15 is 0 Å². The Kier molecular flexibility index (Phi) is 10.6. The van der Waals surface area contributed by atoms with Crippen molar-refractivity contribution >= 4 is 0 Å². The molecule has 0 fully saturated rings. The minimum absolute atomic E-state index is 0.493. The molecule has 0 radical (unpaired) electrons. The van der Waals surface area contributed by atoms with Gasteiger partial charge in [0.1, 0.15) is 0 Å². The first kappa shape index (κ1) is 18.2. The molecule has 17 heavy (non-hydrogen) atoms. The van der Waals surface area contributed by atoms with E-state index in [9.17, 15) is 0 Å². The van der Waals surface area contributed by atoms with Crippen molar-refractivity contribution in [2.24, 2.45) is 5.73 Å². The topological polar surface area (TPSA) is 44.5 Å². The normalized spacial score (nSPS) is 15.4. The van der Waals surface area contributed by atoms with Crippen molar-refractivity contribution in [1.82, 2.24) is 0 Å². The molecule has 1 rings (SSSR count). The van der Waals surface area contributed by atoms with Gasteiger partial charge < -0.3 is 15.2 Å². The second kappa shape index (κ2) is 9.97. The molecule has 0 unspecified atom stereocenters. The zero-order valence-electron chi connectivity index (χ0n) is 11.9. The Morgan fingerprint density at radius 3 is 1.47 bits per heavy atom. The van der Waals surface area contributed by atoms with Crippen LogP contribution in [0.3, 0.4) is 0 Å². The van der Waals surface area contributed by atoms with Crippen molar-refractivity contribution < 1.29 is 9.47 Å². The van der Waals surface area contributed by atoms with Crippen molar-refractivity contribution in [2.45, 2.75) is 46.3 Å². The molecule has 1 heterocycles. The molecule has 1 aliphatic heterocycles. The molecule has 0 spiro atoms. The predicted molar refractivity (Wildman–Crippen MR) is 74.4 cm³/mol. The Balaban J connectivity index is 0. The van der Waals surface area contributed by atoms with E-state index < -0.39 is 5.79 Å². The fourth-order valence-corrected chi connectivity index (χ4v) is 1.35. The third-order valence-electron chi connectivity index (χ3n) is 2.28. The van der Waals surface area contributed by atoms with Crippen LogP contribution in [-0.4, -0.2) is 12.8 Å². The smallest absolute Gasteiger partial charge is 0.251 e. The molecular formula is C14H27NO2. The summed E-state index contributed by atoms with van der Waals surface area (Å²) in [6, 6.07) is 0. The van der Waals surface area contributed by atoms with Gasteiger partial charge in [-0.05, 0) is 19.2 Å². The maximum Gasteiger partial charge on any atom is 0.251 e. The van der Waals surface area contributed by atoms with Gasteiger partial charge in [-0.25, -0.2) is 0 Å². The number of hydrogen-bond acceptors (Lipinski definition) is 3. The first-order valence-corrected chi connectivity index (χ1v) is 6.16. The van der Waals surface area contributed by atoms with Gasteiger partial charge in [-0.3, -0.25) is 0 Å². The Morgan fingerprint density at radius 1 is 1.00 bits per heavy atom. The Hall–Kier alpha value is -1.22. The number of hydrogen-bond donors (Lipinski definition) is 1. The van der Waals surface area contributed by atoms with Gasteiger partial charge in [0.2, 0.25) is 0 Å². The third kappa shape index (κ3) is 4.65. The van der Waals surface area contributed by atoms with Crippen LogP contribution >= 0.6 is 0 Å². The summed E-state index contributed by atoms with van der Waals surface area (Å²) in [5, 5.41) is 0. The Bertz CT molecular complexity index is 231. The fraction of sp³-hybridized carbons (Fsp3) is 0.571. The van der Waals surface area contributed by atoms with Gasteiger partial charge in [0.25, 0.3) is 5.79 Å². The van der Waals surface area contributed by atoms with Crippen LogP contribution in [0.2, 0.25) is 0 Å². The van der Waals surface area contributed by atoms with Crippen LogP contribution in [0.4, 0.5) is 0 Å². The van der Waals surface area contributed by atoms with E-state index in [0.29, 0.717) is 11.5 Å². The lowest BCUT2D eigenvalue weighted by Gasteiger charge is -2.25. The van der Waals surface area contributed by atoms with Gasteiger partial charge >= 0.3 is 0 Å². The van der Waals surface area contributed by atoms with E-state index in [1.54, 1.807) is 12.2 Å². The van der Waals surface area contributed by atoms with Gasteiger partial charge in [0.05, 0.1) is 0 Å². The molecule has 0 atom stereocenters. The number of rotatable bonds is 4. The minimum Gasteiger partial charge on any atom is -0.448 e. The summed E-state index contributed by atoms with van der Waals surface area (Å²) in [6.45, 7) is 15.4. The summed E-state index contributed by atoms with van der Waals surface area (Å²) < 4.78 is 11.3. The molecule has 3 heteroatoms. The van der Waals surface area contributed by atoms with Crippen LogP contribution in [0.5, 0.6) is 0 Å². The van der Waals surface area contributed by atoms with Crippen molar-refractivity contribution in [3.63, 3.8) is 0 Å². The molecule has 0 bridgehead atoms. The summed E-state index contributed by atoms with van der Waals surface area (Å²) in [7, 11) is 1.50. The Morgan fingerprint density at radius 2 is 1.29 bits per heavy atom. The van der Waals surface area contributed by atoms with Gasteiger partial charge in [0.15, 0.2) is 11.5 Å². The zero-order chi connectivity index (χ0) is 13.9. The van der Waals surface area contributed by atoms with Gasteiger partial charge in [-0.2, -0.15) is 0 Å². The molecule has 0 saturated carbocycles. The third-order valence-corrected chi connectivity index (χ3v) is 2.28. The van der Waals surface area contributed by atoms with Gasteiger partial charge in [-0.15, -0.1) is 0 Å². The van der Waals surface area contributed by atoms with E-state index in [1.165, 1.54) is 7.05 Å². The number of nitrogens with two attached hydrogens (primary N) is 1. The molecule has 0 aliphatic carbocycles. The first-order chi connectivity index (χ1) is 8.21. The SMILES string of the molecule is C=CC1=C(C=C)OC(CC)(CC)O1.CC.CN. The summed E-state index contributed by atoms with van der Waals surface area (Å²) in [5.74, 6) is 0.893. The summed E-state index contributed by atoms with van der Waals surface area (Å²) >= 11 is 0. The highest BCUT2D eigenvalue weighted by Crippen LogP contribution is 2.36. The van der Waals surface area contributed by atoms with E-state index in [2.05, 4.69) is 18.9 Å². The van der Waals surface area contributed by atoms with E-state index in [0.717, 1.165) is 12.8 Å². The highest BCUT2D eigenvalue weighted by atomic mass is 16.7. The summed E-state index contributed by atoms with van der Waals surface area (Å²) in [5.41, 5.74) is 4.50. The van der Waals surface area contributed by atoms with Crippen LogP contribution < -0.4 is 5.73 Å². The van der Waals surface area contributed by atoms with Crippen LogP contribution in [0.15, 0.2) is 36.8 Å². The number of allylic oxidation sites excluding steroid dienone is 2. The predicted octanol–water partition coefficient (Wildman–Crippen LogP) is 3.73. The second-order valence-electron chi connectivity index (χ2n) is 2.96. The summed E-state index contributed by atoms with van der Waals surface area (Å²) in [4.78, 5) is 0.